The van der Waals surface area contributed by atoms with Gasteiger partial charge >= 0.3 is 0 Å². The lowest BCUT2D eigenvalue weighted by Gasteiger charge is -2.15. The Morgan fingerprint density at radius 2 is 1.79 bits per heavy atom. The molecular weight excluding hydrogens is 220 g/mol. The third-order valence-electron chi connectivity index (χ3n) is 1.67. The first-order chi connectivity index (χ1) is 6.13. The Hall–Kier alpha value is -0.0300. The molecule has 5 heteroatoms. The van der Waals surface area contributed by atoms with Crippen LogP contribution in [0, 0.1) is 5.41 Å². The summed E-state index contributed by atoms with van der Waals surface area (Å²) in [4.78, 5) is 11.4. The lowest BCUT2D eigenvalue weighted by molar-refractivity contribution is -0.123. The van der Waals surface area contributed by atoms with E-state index in [1.165, 1.54) is 18.0 Å². The van der Waals surface area contributed by atoms with Crippen molar-refractivity contribution in [1.29, 1.82) is 0 Å². The molecule has 0 aliphatic carbocycles. The highest BCUT2D eigenvalue weighted by Crippen LogP contribution is 2.17. The average Bonchev–Trinajstić information content (AvgIpc) is 1.93. The van der Waals surface area contributed by atoms with Crippen LogP contribution in [0.15, 0.2) is 0 Å². The maximum Gasteiger partial charge on any atom is 0.148 e. The van der Waals surface area contributed by atoms with E-state index in [4.69, 9.17) is 0 Å². The molecule has 0 rings (SSSR count). The Kier molecular flexibility index (Phi) is 5.15. The number of ketones is 1. The van der Waals surface area contributed by atoms with Gasteiger partial charge in [0.15, 0.2) is 0 Å². The molecule has 0 aromatic carbocycles. The third kappa shape index (κ3) is 7.38. The molecule has 0 aliphatic heterocycles. The van der Waals surface area contributed by atoms with Gasteiger partial charge < -0.3 is 0 Å². The van der Waals surface area contributed by atoms with Gasteiger partial charge in [0.2, 0.25) is 0 Å². The highest BCUT2D eigenvalue weighted by molar-refractivity contribution is 8.01. The molecule has 0 saturated heterocycles. The first-order valence-electron chi connectivity index (χ1n) is 4.42. The molecule has 0 unspecified atom stereocenters. The van der Waals surface area contributed by atoms with E-state index in [1.54, 1.807) is 0 Å². The van der Waals surface area contributed by atoms with Crippen LogP contribution in [0.25, 0.3) is 0 Å². The number of hydrogen-bond acceptors (Lipinski definition) is 4. The molecule has 14 heavy (non-hydrogen) atoms. The summed E-state index contributed by atoms with van der Waals surface area (Å²) in [6.45, 7) is 5.60. The largest absolute Gasteiger partial charge is 0.298 e. The summed E-state index contributed by atoms with van der Waals surface area (Å²) in [5, 5.41) is 0. The molecule has 0 aliphatic rings. The molecule has 0 atom stereocenters. The predicted molar refractivity (Wildman–Crippen MR) is 61.5 cm³/mol. The first-order valence-corrected chi connectivity index (χ1v) is 7.63. The SMILES string of the molecule is CC(C)(C)C(=O)CSCCS(C)(=O)=O. The van der Waals surface area contributed by atoms with Gasteiger partial charge in [-0.15, -0.1) is 0 Å². The number of hydrogen-bond donors (Lipinski definition) is 0. The Labute approximate surface area is 90.6 Å². The van der Waals surface area contributed by atoms with Crippen molar-refractivity contribution in [3.63, 3.8) is 0 Å². The second kappa shape index (κ2) is 5.16. The summed E-state index contributed by atoms with van der Waals surface area (Å²) < 4.78 is 21.5. The standard InChI is InChI=1S/C9H18O3S2/c1-9(2,3)8(10)7-13-5-6-14(4,11)12/h5-7H2,1-4H3. The highest BCUT2D eigenvalue weighted by Gasteiger charge is 2.20. The maximum atomic E-state index is 11.4. The number of Topliss-reactive ketones (excluding diaryl/α,β-unsaturated/α-hetero) is 1. The van der Waals surface area contributed by atoms with Gasteiger partial charge in [-0.25, -0.2) is 8.42 Å². The van der Waals surface area contributed by atoms with Crippen molar-refractivity contribution in [3.05, 3.63) is 0 Å². The van der Waals surface area contributed by atoms with Crippen molar-refractivity contribution in [2.45, 2.75) is 20.8 Å². The van der Waals surface area contributed by atoms with Crippen LogP contribution in [0.2, 0.25) is 0 Å². The third-order valence-corrected chi connectivity index (χ3v) is 3.83. The minimum absolute atomic E-state index is 0.148. The monoisotopic (exact) mass is 238 g/mol. The van der Waals surface area contributed by atoms with Crippen molar-refractivity contribution in [1.82, 2.24) is 0 Å². The molecule has 0 aromatic rings. The van der Waals surface area contributed by atoms with Crippen molar-refractivity contribution < 1.29 is 13.2 Å². The van der Waals surface area contributed by atoms with E-state index in [-0.39, 0.29) is 17.0 Å². The van der Waals surface area contributed by atoms with Crippen molar-refractivity contribution in [3.8, 4) is 0 Å². The lowest BCUT2D eigenvalue weighted by Crippen LogP contribution is -2.22. The van der Waals surface area contributed by atoms with E-state index in [2.05, 4.69) is 0 Å². The van der Waals surface area contributed by atoms with Crippen LogP contribution in [0.5, 0.6) is 0 Å². The van der Waals surface area contributed by atoms with Gasteiger partial charge in [0.25, 0.3) is 0 Å². The molecule has 0 aromatic heterocycles. The predicted octanol–water partition coefficient (Wildman–Crippen LogP) is 1.38. The molecule has 0 spiro atoms. The lowest BCUT2D eigenvalue weighted by atomic mass is 9.92. The van der Waals surface area contributed by atoms with Gasteiger partial charge in [-0.2, -0.15) is 11.8 Å². The van der Waals surface area contributed by atoms with Gasteiger partial charge in [-0.1, -0.05) is 20.8 Å². The number of rotatable bonds is 5. The number of sulfone groups is 1. The summed E-state index contributed by atoms with van der Waals surface area (Å²) in [5.74, 6) is 1.21. The molecule has 0 amide bonds. The van der Waals surface area contributed by atoms with E-state index >= 15 is 0 Å². The smallest absolute Gasteiger partial charge is 0.148 e. The fraction of sp³-hybridized carbons (Fsp3) is 0.889. The Balaban J connectivity index is 3.72. The van der Waals surface area contributed by atoms with Crippen LogP contribution in [0.3, 0.4) is 0 Å². The summed E-state index contributed by atoms with van der Waals surface area (Å²) >= 11 is 1.39. The topological polar surface area (TPSA) is 51.2 Å². The summed E-state index contributed by atoms with van der Waals surface area (Å²) in [6, 6.07) is 0. The maximum absolute atomic E-state index is 11.4. The Bertz CT molecular complexity index is 286. The average molecular weight is 238 g/mol. The molecule has 0 heterocycles. The van der Waals surface area contributed by atoms with Crippen LogP contribution in [0.1, 0.15) is 20.8 Å². The van der Waals surface area contributed by atoms with Crippen molar-refractivity contribution in [2.75, 3.05) is 23.5 Å². The quantitative estimate of drug-likeness (QED) is 0.679. The van der Waals surface area contributed by atoms with E-state index in [1.807, 2.05) is 20.8 Å². The zero-order valence-electron chi connectivity index (χ0n) is 9.16. The zero-order valence-corrected chi connectivity index (χ0v) is 10.8. The molecule has 0 radical (unpaired) electrons. The van der Waals surface area contributed by atoms with Crippen LogP contribution >= 0.6 is 11.8 Å². The van der Waals surface area contributed by atoms with Crippen molar-refractivity contribution in [2.24, 2.45) is 5.41 Å². The molecule has 0 saturated carbocycles. The Morgan fingerprint density at radius 1 is 1.29 bits per heavy atom. The normalized spacial score (nSPS) is 12.9. The van der Waals surface area contributed by atoms with Crippen LogP contribution in [-0.2, 0) is 14.6 Å². The number of carbonyl (C=O) groups excluding carboxylic acids is 1. The van der Waals surface area contributed by atoms with Crippen LogP contribution in [0.4, 0.5) is 0 Å². The number of carbonyl (C=O) groups is 1. The molecule has 0 fully saturated rings. The van der Waals surface area contributed by atoms with Gasteiger partial charge in [0.1, 0.15) is 15.6 Å². The summed E-state index contributed by atoms with van der Waals surface area (Å²) in [5.41, 5.74) is -0.321. The van der Waals surface area contributed by atoms with Gasteiger partial charge in [0, 0.05) is 17.4 Å². The van der Waals surface area contributed by atoms with E-state index in [0.717, 1.165) is 0 Å². The molecular formula is C9H18O3S2. The van der Waals surface area contributed by atoms with Crippen LogP contribution < -0.4 is 0 Å². The fourth-order valence-corrected chi connectivity index (χ4v) is 3.04. The van der Waals surface area contributed by atoms with E-state index in [9.17, 15) is 13.2 Å². The van der Waals surface area contributed by atoms with Crippen molar-refractivity contribution >= 4 is 27.4 Å². The molecule has 3 nitrogen and oxygen atoms in total. The second-order valence-corrected chi connectivity index (χ2v) is 7.72. The second-order valence-electron chi connectivity index (χ2n) is 4.36. The fourth-order valence-electron chi connectivity index (χ4n) is 0.592. The molecule has 84 valence electrons. The van der Waals surface area contributed by atoms with E-state index < -0.39 is 9.84 Å². The summed E-state index contributed by atoms with van der Waals surface area (Å²) in [7, 11) is -2.89. The summed E-state index contributed by atoms with van der Waals surface area (Å²) in [6.07, 6.45) is 1.21. The van der Waals surface area contributed by atoms with Gasteiger partial charge in [-0.05, 0) is 0 Å². The molecule has 0 N–H and O–H groups in total. The minimum Gasteiger partial charge on any atom is -0.298 e. The highest BCUT2D eigenvalue weighted by atomic mass is 32.2. The van der Waals surface area contributed by atoms with E-state index in [0.29, 0.717) is 11.5 Å². The van der Waals surface area contributed by atoms with Gasteiger partial charge in [0.05, 0.1) is 11.5 Å². The minimum atomic E-state index is -2.89. The van der Waals surface area contributed by atoms with Crippen LogP contribution in [-0.4, -0.2) is 37.7 Å². The first kappa shape index (κ1) is 14.0. The van der Waals surface area contributed by atoms with Gasteiger partial charge in [-0.3, -0.25) is 4.79 Å². The Morgan fingerprint density at radius 3 is 2.14 bits per heavy atom. The number of thioether (sulfide) groups is 1. The zero-order chi connectivity index (χ0) is 11.4. The molecule has 0 bridgehead atoms.